The van der Waals surface area contributed by atoms with Gasteiger partial charge in [0.05, 0.1) is 12.2 Å². The van der Waals surface area contributed by atoms with E-state index in [-0.39, 0.29) is 12.3 Å². The van der Waals surface area contributed by atoms with Crippen molar-refractivity contribution in [2.24, 2.45) is 5.92 Å². The molecular formula is C25H30O6. The van der Waals surface area contributed by atoms with Crippen LogP contribution < -0.4 is 0 Å². The highest BCUT2D eigenvalue weighted by molar-refractivity contribution is 6.45. The van der Waals surface area contributed by atoms with Gasteiger partial charge in [-0.1, -0.05) is 93.2 Å². The summed E-state index contributed by atoms with van der Waals surface area (Å²) >= 11 is 0. The van der Waals surface area contributed by atoms with Crippen molar-refractivity contribution in [3.63, 3.8) is 0 Å². The molecule has 0 saturated carbocycles. The number of allylic oxidation sites excluding steroid dienone is 13. The van der Waals surface area contributed by atoms with Gasteiger partial charge in [0, 0.05) is 6.42 Å². The van der Waals surface area contributed by atoms with Gasteiger partial charge in [0.1, 0.15) is 0 Å². The van der Waals surface area contributed by atoms with Crippen molar-refractivity contribution < 1.29 is 29.3 Å². The number of ketones is 2. The number of aliphatic carboxylic acids is 1. The van der Waals surface area contributed by atoms with Gasteiger partial charge in [-0.25, -0.2) is 4.79 Å². The van der Waals surface area contributed by atoms with E-state index >= 15 is 0 Å². The van der Waals surface area contributed by atoms with Crippen LogP contribution in [0.3, 0.4) is 0 Å². The van der Waals surface area contributed by atoms with E-state index in [1.54, 1.807) is 60.8 Å². The van der Waals surface area contributed by atoms with E-state index in [1.165, 1.54) is 18.2 Å². The fourth-order valence-corrected chi connectivity index (χ4v) is 2.44. The molecule has 2 N–H and O–H groups in total. The zero-order valence-corrected chi connectivity index (χ0v) is 17.8. The van der Waals surface area contributed by atoms with Crippen molar-refractivity contribution in [2.45, 2.75) is 45.0 Å². The van der Waals surface area contributed by atoms with Crippen LogP contribution in [0.5, 0.6) is 0 Å². The molecule has 6 nitrogen and oxygen atoms in total. The SMILES string of the molecule is CCC(C)/C=C/C(=O)C(=O)/C=C/C=C/C=C/C=C/C=C/C=C/C1CC(O)C(C(=O)O)O1. The van der Waals surface area contributed by atoms with Gasteiger partial charge < -0.3 is 14.9 Å². The lowest BCUT2D eigenvalue weighted by Gasteiger charge is -2.07. The number of aliphatic hydroxyl groups is 1. The number of carbonyl (C=O) groups is 3. The number of ether oxygens (including phenoxy) is 1. The van der Waals surface area contributed by atoms with Crippen LogP contribution in [-0.2, 0) is 19.1 Å². The maximum absolute atomic E-state index is 11.6. The van der Waals surface area contributed by atoms with E-state index in [4.69, 9.17) is 9.84 Å². The molecular weight excluding hydrogens is 396 g/mol. The molecule has 0 bridgehead atoms. The minimum absolute atomic E-state index is 0.259. The Bertz CT molecular complexity index is 810. The van der Waals surface area contributed by atoms with Crippen molar-refractivity contribution >= 4 is 17.5 Å². The van der Waals surface area contributed by atoms with E-state index in [0.29, 0.717) is 0 Å². The summed E-state index contributed by atoms with van der Waals surface area (Å²) in [7, 11) is 0. The summed E-state index contributed by atoms with van der Waals surface area (Å²) in [5.41, 5.74) is 0. The van der Waals surface area contributed by atoms with Crippen LogP contribution in [0.4, 0.5) is 0 Å². The predicted octanol–water partition coefficient (Wildman–Crippen LogP) is 3.67. The lowest BCUT2D eigenvalue weighted by atomic mass is 10.1. The fourth-order valence-electron chi connectivity index (χ4n) is 2.44. The van der Waals surface area contributed by atoms with Crippen LogP contribution in [0, 0.1) is 5.92 Å². The Morgan fingerprint density at radius 2 is 1.42 bits per heavy atom. The molecule has 0 aromatic rings. The average molecular weight is 427 g/mol. The molecule has 31 heavy (non-hydrogen) atoms. The molecule has 166 valence electrons. The number of carbonyl (C=O) groups excluding carboxylic acids is 2. The van der Waals surface area contributed by atoms with Crippen LogP contribution >= 0.6 is 0 Å². The van der Waals surface area contributed by atoms with E-state index in [9.17, 15) is 19.5 Å². The van der Waals surface area contributed by atoms with E-state index in [0.717, 1.165) is 6.42 Å². The number of carboxylic acid groups (broad SMARTS) is 1. The Kier molecular flexibility index (Phi) is 12.4. The molecule has 4 unspecified atom stereocenters. The van der Waals surface area contributed by atoms with E-state index in [2.05, 4.69) is 0 Å². The van der Waals surface area contributed by atoms with Gasteiger partial charge in [0.15, 0.2) is 6.10 Å². The van der Waals surface area contributed by atoms with Gasteiger partial charge in [-0.05, 0) is 18.1 Å². The number of hydrogen-bond donors (Lipinski definition) is 2. The fraction of sp³-hybridized carbons (Fsp3) is 0.320. The standard InChI is InChI=1S/C25H30O6/c1-3-19(2)16-17-22(27)21(26)15-13-11-9-7-5-4-6-8-10-12-14-20-18-23(28)24(31-20)25(29)30/h4-17,19-20,23-24,28H,3,18H2,1-2H3,(H,29,30)/b6-4+,7-5+,10-8+,11-9+,14-12+,15-13+,17-16+. The number of aliphatic hydroxyl groups excluding tert-OH is 1. The third-order valence-electron chi connectivity index (χ3n) is 4.42. The number of hydrogen-bond acceptors (Lipinski definition) is 5. The van der Waals surface area contributed by atoms with Crippen molar-refractivity contribution in [3.8, 4) is 0 Å². The largest absolute Gasteiger partial charge is 0.479 e. The Morgan fingerprint density at radius 1 is 0.903 bits per heavy atom. The molecule has 0 aliphatic carbocycles. The summed E-state index contributed by atoms with van der Waals surface area (Å²) in [4.78, 5) is 34.1. The van der Waals surface area contributed by atoms with Gasteiger partial charge in [-0.2, -0.15) is 0 Å². The molecule has 4 atom stereocenters. The first kappa shape index (κ1) is 25.9. The molecule has 1 aliphatic rings. The molecule has 0 radical (unpaired) electrons. The highest BCUT2D eigenvalue weighted by atomic mass is 16.5. The molecule has 1 rings (SSSR count). The lowest BCUT2D eigenvalue weighted by Crippen LogP contribution is -2.29. The second-order valence-corrected chi connectivity index (χ2v) is 6.99. The quantitative estimate of drug-likeness (QED) is 0.281. The minimum atomic E-state index is -1.17. The minimum Gasteiger partial charge on any atom is -0.479 e. The maximum atomic E-state index is 11.6. The average Bonchev–Trinajstić information content (AvgIpc) is 3.12. The summed E-state index contributed by atoms with van der Waals surface area (Å²) in [6.45, 7) is 4.00. The molecule has 1 saturated heterocycles. The van der Waals surface area contributed by atoms with Crippen molar-refractivity contribution in [1.29, 1.82) is 0 Å². The number of rotatable bonds is 12. The summed E-state index contributed by atoms with van der Waals surface area (Å²) in [6.07, 6.45) is 22.0. The zero-order chi connectivity index (χ0) is 23.1. The lowest BCUT2D eigenvalue weighted by molar-refractivity contribution is -0.152. The van der Waals surface area contributed by atoms with Gasteiger partial charge in [0.25, 0.3) is 0 Å². The molecule has 0 aromatic carbocycles. The molecule has 1 heterocycles. The Morgan fingerprint density at radius 3 is 1.94 bits per heavy atom. The Hall–Kier alpha value is -3.09. The molecule has 1 aliphatic heterocycles. The summed E-state index contributed by atoms with van der Waals surface area (Å²) < 4.78 is 5.23. The van der Waals surface area contributed by atoms with Crippen LogP contribution in [-0.4, -0.2) is 46.1 Å². The number of carboxylic acids is 1. The highest BCUT2D eigenvalue weighted by Gasteiger charge is 2.37. The van der Waals surface area contributed by atoms with Crippen LogP contribution in [0.15, 0.2) is 85.1 Å². The first-order valence-corrected chi connectivity index (χ1v) is 10.2. The third kappa shape index (κ3) is 11.0. The zero-order valence-electron chi connectivity index (χ0n) is 17.8. The van der Waals surface area contributed by atoms with E-state index in [1.807, 2.05) is 19.9 Å². The topological polar surface area (TPSA) is 101 Å². The maximum Gasteiger partial charge on any atom is 0.335 e. The van der Waals surface area contributed by atoms with Crippen LogP contribution in [0.1, 0.15) is 26.7 Å². The monoisotopic (exact) mass is 426 g/mol. The molecule has 1 fully saturated rings. The van der Waals surface area contributed by atoms with E-state index < -0.39 is 35.8 Å². The second-order valence-electron chi connectivity index (χ2n) is 6.99. The van der Waals surface area contributed by atoms with Gasteiger partial charge in [-0.15, -0.1) is 0 Å². The first-order chi connectivity index (χ1) is 14.8. The summed E-state index contributed by atoms with van der Waals surface area (Å²) in [5, 5.41) is 18.5. The molecule has 6 heteroatoms. The smallest absolute Gasteiger partial charge is 0.335 e. The van der Waals surface area contributed by atoms with Gasteiger partial charge in [-0.3, -0.25) is 9.59 Å². The second kappa shape index (κ2) is 14.8. The molecule has 0 spiro atoms. The van der Waals surface area contributed by atoms with Crippen LogP contribution in [0.2, 0.25) is 0 Å². The summed E-state index contributed by atoms with van der Waals surface area (Å²) in [5.74, 6) is -1.97. The third-order valence-corrected chi connectivity index (χ3v) is 4.42. The normalized spacial score (nSPS) is 23.6. The Balaban J connectivity index is 2.30. The summed E-state index contributed by atoms with van der Waals surface area (Å²) in [6, 6.07) is 0. The van der Waals surface area contributed by atoms with Gasteiger partial charge >= 0.3 is 5.97 Å². The van der Waals surface area contributed by atoms with Crippen molar-refractivity contribution in [3.05, 3.63) is 85.1 Å². The van der Waals surface area contributed by atoms with Crippen LogP contribution in [0.25, 0.3) is 0 Å². The Labute approximate surface area is 183 Å². The predicted molar refractivity (Wildman–Crippen MR) is 120 cm³/mol. The molecule has 0 aromatic heterocycles. The van der Waals surface area contributed by atoms with Gasteiger partial charge in [0.2, 0.25) is 11.6 Å². The first-order valence-electron chi connectivity index (χ1n) is 10.2. The highest BCUT2D eigenvalue weighted by Crippen LogP contribution is 2.21. The van der Waals surface area contributed by atoms with Crippen molar-refractivity contribution in [1.82, 2.24) is 0 Å². The van der Waals surface area contributed by atoms with Crippen molar-refractivity contribution in [2.75, 3.05) is 0 Å². The molecule has 0 amide bonds.